The summed E-state index contributed by atoms with van der Waals surface area (Å²) in [5.74, 6) is 0. The zero-order valence-electron chi connectivity index (χ0n) is 6.36. The van der Waals surface area contributed by atoms with Crippen LogP contribution < -0.4 is 5.73 Å². The van der Waals surface area contributed by atoms with Crippen molar-refractivity contribution in [3.63, 3.8) is 0 Å². The van der Waals surface area contributed by atoms with Gasteiger partial charge in [-0.2, -0.15) is 0 Å². The molecule has 66 valence electrons. The molecule has 5 heteroatoms. The SMILES string of the molecule is NCC1(P(=O)(O)O)CCCC1. The highest BCUT2D eigenvalue weighted by atomic mass is 31.2. The van der Waals surface area contributed by atoms with Crippen molar-refractivity contribution in [2.45, 2.75) is 30.8 Å². The van der Waals surface area contributed by atoms with Crippen molar-refractivity contribution < 1.29 is 14.4 Å². The summed E-state index contributed by atoms with van der Waals surface area (Å²) in [6, 6.07) is 0. The summed E-state index contributed by atoms with van der Waals surface area (Å²) in [7, 11) is -3.97. The molecule has 0 unspecified atom stereocenters. The maximum atomic E-state index is 11.0. The smallest absolute Gasteiger partial charge is 0.329 e. The summed E-state index contributed by atoms with van der Waals surface area (Å²) in [6.45, 7) is 0.108. The van der Waals surface area contributed by atoms with Crippen molar-refractivity contribution in [1.29, 1.82) is 0 Å². The molecule has 4 nitrogen and oxygen atoms in total. The Morgan fingerprint density at radius 2 is 1.82 bits per heavy atom. The Bertz CT molecular complexity index is 182. The molecule has 0 atom stereocenters. The van der Waals surface area contributed by atoms with Crippen LogP contribution >= 0.6 is 7.60 Å². The third-order valence-corrected chi connectivity index (χ3v) is 4.40. The molecule has 0 saturated heterocycles. The van der Waals surface area contributed by atoms with Gasteiger partial charge in [-0.05, 0) is 12.8 Å². The normalized spacial score (nSPS) is 23.9. The van der Waals surface area contributed by atoms with Crippen molar-refractivity contribution in [3.8, 4) is 0 Å². The molecule has 1 aliphatic carbocycles. The van der Waals surface area contributed by atoms with Gasteiger partial charge in [-0.25, -0.2) is 0 Å². The fourth-order valence-electron chi connectivity index (χ4n) is 1.65. The van der Waals surface area contributed by atoms with Crippen molar-refractivity contribution in [1.82, 2.24) is 0 Å². The molecule has 1 rings (SSSR count). The van der Waals surface area contributed by atoms with Gasteiger partial charge >= 0.3 is 7.60 Å². The van der Waals surface area contributed by atoms with Crippen molar-refractivity contribution in [2.24, 2.45) is 5.73 Å². The Labute approximate surface area is 65.9 Å². The second kappa shape index (κ2) is 2.87. The van der Waals surface area contributed by atoms with Gasteiger partial charge in [0.15, 0.2) is 0 Å². The summed E-state index contributed by atoms with van der Waals surface area (Å²) in [6.07, 6.45) is 2.94. The Balaban J connectivity index is 2.84. The minimum atomic E-state index is -3.97. The van der Waals surface area contributed by atoms with Crippen LogP contribution in [-0.4, -0.2) is 21.5 Å². The highest BCUT2D eigenvalue weighted by molar-refractivity contribution is 7.53. The van der Waals surface area contributed by atoms with Gasteiger partial charge in [-0.1, -0.05) is 12.8 Å². The first kappa shape index (κ1) is 9.20. The van der Waals surface area contributed by atoms with E-state index in [2.05, 4.69) is 0 Å². The number of hydrogen-bond acceptors (Lipinski definition) is 2. The van der Waals surface area contributed by atoms with Crippen LogP contribution in [0.1, 0.15) is 25.7 Å². The highest BCUT2D eigenvalue weighted by Gasteiger charge is 2.47. The van der Waals surface area contributed by atoms with E-state index in [-0.39, 0.29) is 6.54 Å². The second-order valence-corrected chi connectivity index (χ2v) is 5.22. The van der Waals surface area contributed by atoms with E-state index >= 15 is 0 Å². The van der Waals surface area contributed by atoms with E-state index in [4.69, 9.17) is 15.5 Å². The first-order chi connectivity index (χ1) is 5.02. The number of hydrogen-bond donors (Lipinski definition) is 3. The quantitative estimate of drug-likeness (QED) is 0.537. The third-order valence-electron chi connectivity index (χ3n) is 2.53. The highest BCUT2D eigenvalue weighted by Crippen LogP contribution is 2.57. The molecule has 0 bridgehead atoms. The van der Waals surface area contributed by atoms with E-state index in [0.717, 1.165) is 12.8 Å². The number of nitrogens with two attached hydrogens (primary N) is 1. The van der Waals surface area contributed by atoms with Gasteiger partial charge in [0.1, 0.15) is 0 Å². The molecule has 0 amide bonds. The zero-order valence-corrected chi connectivity index (χ0v) is 7.26. The summed E-state index contributed by atoms with van der Waals surface area (Å²) in [5.41, 5.74) is 5.36. The Hall–Kier alpha value is 0.110. The van der Waals surface area contributed by atoms with E-state index in [1.165, 1.54) is 0 Å². The number of rotatable bonds is 2. The van der Waals surface area contributed by atoms with Gasteiger partial charge in [0.2, 0.25) is 0 Å². The van der Waals surface area contributed by atoms with Crippen molar-refractivity contribution in [3.05, 3.63) is 0 Å². The molecule has 0 radical (unpaired) electrons. The Kier molecular flexibility index (Phi) is 2.40. The fourth-order valence-corrected chi connectivity index (χ4v) is 2.78. The van der Waals surface area contributed by atoms with Crippen LogP contribution in [0, 0.1) is 0 Å². The van der Waals surface area contributed by atoms with Crippen molar-refractivity contribution in [2.75, 3.05) is 6.54 Å². The first-order valence-corrected chi connectivity index (χ1v) is 5.39. The van der Waals surface area contributed by atoms with Crippen LogP contribution in [0.15, 0.2) is 0 Å². The van der Waals surface area contributed by atoms with Crippen LogP contribution in [0.4, 0.5) is 0 Å². The molecule has 1 fully saturated rings. The molecule has 0 aromatic rings. The molecule has 0 aliphatic heterocycles. The van der Waals surface area contributed by atoms with Crippen LogP contribution in [-0.2, 0) is 4.57 Å². The largest absolute Gasteiger partial charge is 0.332 e. The lowest BCUT2D eigenvalue weighted by Gasteiger charge is -2.27. The minimum absolute atomic E-state index is 0.108. The molecule has 4 N–H and O–H groups in total. The van der Waals surface area contributed by atoms with Crippen molar-refractivity contribution >= 4 is 7.60 Å². The average molecular weight is 179 g/mol. The Morgan fingerprint density at radius 1 is 1.36 bits per heavy atom. The van der Waals surface area contributed by atoms with E-state index in [9.17, 15) is 4.57 Å². The lowest BCUT2D eigenvalue weighted by atomic mass is 10.1. The van der Waals surface area contributed by atoms with Gasteiger partial charge in [0.25, 0.3) is 0 Å². The van der Waals surface area contributed by atoms with Gasteiger partial charge < -0.3 is 15.5 Å². The zero-order chi connectivity index (χ0) is 8.54. The molecule has 0 heterocycles. The monoisotopic (exact) mass is 179 g/mol. The maximum Gasteiger partial charge on any atom is 0.332 e. The van der Waals surface area contributed by atoms with Crippen LogP contribution in [0.3, 0.4) is 0 Å². The van der Waals surface area contributed by atoms with Gasteiger partial charge in [-0.3, -0.25) is 4.57 Å². The average Bonchev–Trinajstić information content (AvgIpc) is 2.33. The van der Waals surface area contributed by atoms with E-state index < -0.39 is 12.8 Å². The van der Waals surface area contributed by atoms with E-state index in [1.54, 1.807) is 0 Å². The predicted molar refractivity (Wildman–Crippen MR) is 42.3 cm³/mol. The first-order valence-electron chi connectivity index (χ1n) is 3.78. The maximum absolute atomic E-state index is 11.0. The molecule has 0 spiro atoms. The molecule has 0 aromatic heterocycles. The fraction of sp³-hybridized carbons (Fsp3) is 1.00. The van der Waals surface area contributed by atoms with Gasteiger partial charge in [0, 0.05) is 6.54 Å². The molecule has 0 aromatic carbocycles. The Morgan fingerprint density at radius 3 is 2.00 bits per heavy atom. The van der Waals surface area contributed by atoms with Gasteiger partial charge in [0.05, 0.1) is 5.16 Å². The molecule has 1 aliphatic rings. The van der Waals surface area contributed by atoms with Crippen LogP contribution in [0.25, 0.3) is 0 Å². The molecule has 11 heavy (non-hydrogen) atoms. The van der Waals surface area contributed by atoms with Crippen LogP contribution in [0.5, 0.6) is 0 Å². The summed E-state index contributed by atoms with van der Waals surface area (Å²) < 4.78 is 11.0. The molecular formula is C6H14NO3P. The third kappa shape index (κ3) is 1.49. The van der Waals surface area contributed by atoms with E-state index in [1.807, 2.05) is 0 Å². The standard InChI is InChI=1S/C6H14NO3P/c7-5-6(11(8,9)10)3-1-2-4-6/h1-5,7H2,(H2,8,9,10). The second-order valence-electron chi connectivity index (χ2n) is 3.18. The topological polar surface area (TPSA) is 83.6 Å². The summed E-state index contributed by atoms with van der Waals surface area (Å²) >= 11 is 0. The summed E-state index contributed by atoms with van der Waals surface area (Å²) in [5, 5.41) is -0.882. The molecular weight excluding hydrogens is 165 g/mol. The van der Waals surface area contributed by atoms with Crippen LogP contribution in [0.2, 0.25) is 0 Å². The molecule has 1 saturated carbocycles. The van der Waals surface area contributed by atoms with E-state index in [0.29, 0.717) is 12.8 Å². The lowest BCUT2D eigenvalue weighted by molar-refractivity contribution is 0.325. The minimum Gasteiger partial charge on any atom is -0.329 e. The predicted octanol–water partition coefficient (Wildman–Crippen LogP) is 0.436. The van der Waals surface area contributed by atoms with Gasteiger partial charge in [-0.15, -0.1) is 0 Å². The lowest BCUT2D eigenvalue weighted by Crippen LogP contribution is -2.34. The summed E-state index contributed by atoms with van der Waals surface area (Å²) in [4.78, 5) is 18.0.